The molecule has 0 saturated heterocycles. The standard InChI is InChI=1S/C12H18N2O3/c1-16-9-11(13)12(15)14-7-8-17-10-5-3-2-4-6-10/h2-6,11H,7-9,13H2,1H3,(H,14,15). The van der Waals surface area contributed by atoms with E-state index in [-0.39, 0.29) is 12.5 Å². The molecule has 0 spiro atoms. The molecule has 0 aromatic heterocycles. The molecule has 0 fully saturated rings. The van der Waals surface area contributed by atoms with Crippen LogP contribution in [0.2, 0.25) is 0 Å². The first kappa shape index (κ1) is 13.5. The van der Waals surface area contributed by atoms with Crippen molar-refractivity contribution in [2.24, 2.45) is 5.73 Å². The molecule has 5 heteroatoms. The summed E-state index contributed by atoms with van der Waals surface area (Å²) in [5.74, 6) is 0.548. The van der Waals surface area contributed by atoms with Crippen LogP contribution in [0.5, 0.6) is 5.75 Å². The molecule has 0 saturated carbocycles. The average Bonchev–Trinajstić information content (AvgIpc) is 2.36. The van der Waals surface area contributed by atoms with Gasteiger partial charge >= 0.3 is 0 Å². The van der Waals surface area contributed by atoms with E-state index in [1.54, 1.807) is 0 Å². The number of carbonyl (C=O) groups is 1. The molecular weight excluding hydrogens is 220 g/mol. The molecule has 5 nitrogen and oxygen atoms in total. The second-order valence-electron chi connectivity index (χ2n) is 3.51. The molecule has 1 unspecified atom stereocenters. The van der Waals surface area contributed by atoms with Crippen molar-refractivity contribution in [1.82, 2.24) is 5.32 Å². The van der Waals surface area contributed by atoms with Crippen molar-refractivity contribution in [3.8, 4) is 5.75 Å². The lowest BCUT2D eigenvalue weighted by molar-refractivity contribution is -0.123. The SMILES string of the molecule is COCC(N)C(=O)NCCOc1ccccc1. The summed E-state index contributed by atoms with van der Waals surface area (Å²) in [6, 6.07) is 8.79. The lowest BCUT2D eigenvalue weighted by Crippen LogP contribution is -2.44. The van der Waals surface area contributed by atoms with E-state index in [1.165, 1.54) is 7.11 Å². The molecule has 1 atom stereocenters. The lowest BCUT2D eigenvalue weighted by atomic mass is 10.3. The number of hydrogen-bond donors (Lipinski definition) is 2. The van der Waals surface area contributed by atoms with Crippen LogP contribution in [-0.2, 0) is 9.53 Å². The molecule has 0 radical (unpaired) electrons. The molecule has 94 valence electrons. The van der Waals surface area contributed by atoms with Crippen LogP contribution >= 0.6 is 0 Å². The molecule has 0 aliphatic carbocycles. The zero-order valence-corrected chi connectivity index (χ0v) is 9.89. The summed E-state index contributed by atoms with van der Waals surface area (Å²) in [7, 11) is 1.51. The van der Waals surface area contributed by atoms with E-state index in [0.717, 1.165) is 5.75 Å². The van der Waals surface area contributed by atoms with Crippen LogP contribution in [-0.4, -0.2) is 38.8 Å². The normalized spacial score (nSPS) is 11.9. The predicted molar refractivity (Wildman–Crippen MR) is 64.8 cm³/mol. The number of para-hydroxylation sites is 1. The number of benzene rings is 1. The minimum absolute atomic E-state index is 0.214. The predicted octanol–water partition coefficient (Wildman–Crippen LogP) is 0.155. The Hall–Kier alpha value is -1.59. The zero-order chi connectivity index (χ0) is 12.5. The Kier molecular flexibility index (Phi) is 6.06. The summed E-state index contributed by atoms with van der Waals surface area (Å²) < 4.78 is 10.2. The number of nitrogens with two attached hydrogens (primary N) is 1. The number of nitrogens with one attached hydrogen (secondary N) is 1. The first-order valence-electron chi connectivity index (χ1n) is 5.44. The van der Waals surface area contributed by atoms with E-state index in [0.29, 0.717) is 13.2 Å². The largest absolute Gasteiger partial charge is 0.492 e. The topological polar surface area (TPSA) is 73.6 Å². The number of rotatable bonds is 7. The van der Waals surface area contributed by atoms with E-state index >= 15 is 0 Å². The third kappa shape index (κ3) is 5.33. The van der Waals surface area contributed by atoms with Crippen LogP contribution in [0.1, 0.15) is 0 Å². The summed E-state index contributed by atoms with van der Waals surface area (Å²) >= 11 is 0. The van der Waals surface area contributed by atoms with Crippen molar-refractivity contribution in [3.05, 3.63) is 30.3 Å². The maximum Gasteiger partial charge on any atom is 0.239 e. The van der Waals surface area contributed by atoms with Gasteiger partial charge in [0.05, 0.1) is 13.2 Å². The monoisotopic (exact) mass is 238 g/mol. The van der Waals surface area contributed by atoms with Crippen molar-refractivity contribution >= 4 is 5.91 Å². The Labute approximate surface area is 101 Å². The van der Waals surface area contributed by atoms with Crippen molar-refractivity contribution < 1.29 is 14.3 Å². The Balaban J connectivity index is 2.14. The second kappa shape index (κ2) is 7.65. The zero-order valence-electron chi connectivity index (χ0n) is 9.89. The number of amides is 1. The Morgan fingerprint density at radius 1 is 1.41 bits per heavy atom. The third-order valence-electron chi connectivity index (χ3n) is 2.10. The van der Waals surface area contributed by atoms with Crippen LogP contribution in [0, 0.1) is 0 Å². The number of methoxy groups -OCH3 is 1. The minimum Gasteiger partial charge on any atom is -0.492 e. The average molecular weight is 238 g/mol. The molecule has 3 N–H and O–H groups in total. The highest BCUT2D eigenvalue weighted by Gasteiger charge is 2.11. The van der Waals surface area contributed by atoms with Gasteiger partial charge in [-0.2, -0.15) is 0 Å². The van der Waals surface area contributed by atoms with Crippen LogP contribution in [0.3, 0.4) is 0 Å². The van der Waals surface area contributed by atoms with Crippen LogP contribution < -0.4 is 15.8 Å². The lowest BCUT2D eigenvalue weighted by Gasteiger charge is -2.11. The van der Waals surface area contributed by atoms with Crippen LogP contribution in [0.15, 0.2) is 30.3 Å². The van der Waals surface area contributed by atoms with Gasteiger partial charge in [-0.15, -0.1) is 0 Å². The fourth-order valence-corrected chi connectivity index (χ4v) is 1.25. The Bertz CT molecular complexity index is 330. The fraction of sp³-hybridized carbons (Fsp3) is 0.417. The third-order valence-corrected chi connectivity index (χ3v) is 2.10. The summed E-state index contributed by atoms with van der Waals surface area (Å²) in [5.41, 5.74) is 5.54. The highest BCUT2D eigenvalue weighted by molar-refractivity contribution is 5.81. The maximum atomic E-state index is 11.4. The van der Waals surface area contributed by atoms with Gasteiger partial charge in [0.25, 0.3) is 0 Å². The second-order valence-corrected chi connectivity index (χ2v) is 3.51. The van der Waals surface area contributed by atoms with E-state index in [2.05, 4.69) is 5.32 Å². The van der Waals surface area contributed by atoms with Gasteiger partial charge in [0.1, 0.15) is 18.4 Å². The van der Waals surface area contributed by atoms with E-state index in [4.69, 9.17) is 15.2 Å². The molecular formula is C12H18N2O3. The summed E-state index contributed by atoms with van der Waals surface area (Å²) in [5, 5.41) is 2.67. The first-order chi connectivity index (χ1) is 8.24. The van der Waals surface area contributed by atoms with E-state index in [9.17, 15) is 4.79 Å². The van der Waals surface area contributed by atoms with E-state index < -0.39 is 6.04 Å². The molecule has 0 aliphatic rings. The van der Waals surface area contributed by atoms with Gasteiger partial charge in [0.15, 0.2) is 0 Å². The molecule has 1 aromatic rings. The molecule has 17 heavy (non-hydrogen) atoms. The van der Waals surface area contributed by atoms with Crippen molar-refractivity contribution in [1.29, 1.82) is 0 Å². The van der Waals surface area contributed by atoms with E-state index in [1.807, 2.05) is 30.3 Å². The highest BCUT2D eigenvalue weighted by atomic mass is 16.5. The molecule has 0 heterocycles. The van der Waals surface area contributed by atoms with Crippen molar-refractivity contribution in [2.75, 3.05) is 26.9 Å². The minimum atomic E-state index is -0.628. The van der Waals surface area contributed by atoms with Gasteiger partial charge in [-0.1, -0.05) is 18.2 Å². The first-order valence-corrected chi connectivity index (χ1v) is 5.44. The van der Waals surface area contributed by atoms with Gasteiger partial charge in [-0.25, -0.2) is 0 Å². The Morgan fingerprint density at radius 3 is 2.76 bits per heavy atom. The Morgan fingerprint density at radius 2 is 2.12 bits per heavy atom. The van der Waals surface area contributed by atoms with Gasteiger partial charge in [-0.3, -0.25) is 4.79 Å². The fourth-order valence-electron chi connectivity index (χ4n) is 1.25. The number of ether oxygens (including phenoxy) is 2. The maximum absolute atomic E-state index is 11.4. The molecule has 0 aliphatic heterocycles. The van der Waals surface area contributed by atoms with Crippen LogP contribution in [0.25, 0.3) is 0 Å². The number of hydrogen-bond acceptors (Lipinski definition) is 4. The smallest absolute Gasteiger partial charge is 0.239 e. The van der Waals surface area contributed by atoms with Gasteiger partial charge in [-0.05, 0) is 12.1 Å². The molecule has 1 amide bonds. The van der Waals surface area contributed by atoms with Crippen molar-refractivity contribution in [2.45, 2.75) is 6.04 Å². The number of carbonyl (C=O) groups excluding carboxylic acids is 1. The molecule has 1 aromatic carbocycles. The quantitative estimate of drug-likeness (QED) is 0.663. The molecule has 1 rings (SSSR count). The van der Waals surface area contributed by atoms with Gasteiger partial charge < -0.3 is 20.5 Å². The summed E-state index contributed by atoms with van der Waals surface area (Å²) in [6.07, 6.45) is 0. The summed E-state index contributed by atoms with van der Waals surface area (Å²) in [6.45, 7) is 1.05. The summed E-state index contributed by atoms with van der Waals surface area (Å²) in [4.78, 5) is 11.4. The van der Waals surface area contributed by atoms with Gasteiger partial charge in [0, 0.05) is 7.11 Å². The van der Waals surface area contributed by atoms with Crippen LogP contribution in [0.4, 0.5) is 0 Å². The van der Waals surface area contributed by atoms with Gasteiger partial charge in [0.2, 0.25) is 5.91 Å². The van der Waals surface area contributed by atoms with Crippen molar-refractivity contribution in [3.63, 3.8) is 0 Å². The highest BCUT2D eigenvalue weighted by Crippen LogP contribution is 2.07. The molecule has 0 bridgehead atoms.